The van der Waals surface area contributed by atoms with Gasteiger partial charge in [-0.05, 0) is 104 Å². The molecule has 4 rings (SSSR count). The van der Waals surface area contributed by atoms with Crippen LogP contribution in [0.25, 0.3) is 0 Å². The highest BCUT2D eigenvalue weighted by molar-refractivity contribution is 5.47. The van der Waals surface area contributed by atoms with Crippen molar-refractivity contribution in [1.29, 1.82) is 0 Å². The number of benzene rings is 1. The number of aryl methyl sites for hydroxylation is 4. The van der Waals surface area contributed by atoms with Crippen molar-refractivity contribution in [2.75, 3.05) is 11.9 Å². The van der Waals surface area contributed by atoms with E-state index >= 15 is 0 Å². The number of hydrogen-bond acceptors (Lipinski definition) is 3. The molecule has 3 aromatic rings. The van der Waals surface area contributed by atoms with Crippen LogP contribution < -0.4 is 5.32 Å². The van der Waals surface area contributed by atoms with Crippen LogP contribution in [0.2, 0.25) is 0 Å². The lowest BCUT2D eigenvalue weighted by Crippen LogP contribution is -2.16. The van der Waals surface area contributed by atoms with E-state index in [0.717, 1.165) is 67.1 Å². The SMILES string of the molecule is C=C(C)CC(Cc1cc(CCCc2ccc3c(n2)NCCC3)n(C)n1)c1cc(C(C)(C)C)cc(C(F)(F)F)c1. The molecule has 210 valence electrons. The van der Waals surface area contributed by atoms with Crippen molar-refractivity contribution in [1.82, 2.24) is 14.8 Å². The molecule has 0 aliphatic carbocycles. The molecule has 1 unspecified atom stereocenters. The van der Waals surface area contributed by atoms with Gasteiger partial charge in [0, 0.05) is 25.0 Å². The molecule has 39 heavy (non-hydrogen) atoms. The molecule has 1 aliphatic rings. The summed E-state index contributed by atoms with van der Waals surface area (Å²) in [7, 11) is 1.94. The summed E-state index contributed by atoms with van der Waals surface area (Å²) in [5, 5.41) is 8.15. The molecule has 1 atom stereocenters. The van der Waals surface area contributed by atoms with Crippen molar-refractivity contribution >= 4 is 5.82 Å². The summed E-state index contributed by atoms with van der Waals surface area (Å²) in [4.78, 5) is 4.80. The quantitative estimate of drug-likeness (QED) is 0.281. The second kappa shape index (κ2) is 11.6. The lowest BCUT2D eigenvalue weighted by molar-refractivity contribution is -0.137. The predicted molar refractivity (Wildman–Crippen MR) is 152 cm³/mol. The second-order valence-corrected chi connectivity index (χ2v) is 12.1. The van der Waals surface area contributed by atoms with Crippen molar-refractivity contribution in [3.63, 3.8) is 0 Å². The van der Waals surface area contributed by atoms with Crippen LogP contribution in [-0.2, 0) is 44.3 Å². The molecule has 1 aromatic carbocycles. The Kier molecular flexibility index (Phi) is 8.57. The highest BCUT2D eigenvalue weighted by Gasteiger charge is 2.33. The van der Waals surface area contributed by atoms with E-state index < -0.39 is 17.2 Å². The minimum absolute atomic E-state index is 0.138. The average Bonchev–Trinajstić information content (AvgIpc) is 3.20. The number of fused-ring (bicyclic) bond motifs is 1. The van der Waals surface area contributed by atoms with E-state index in [-0.39, 0.29) is 5.92 Å². The van der Waals surface area contributed by atoms with Gasteiger partial charge in [0.1, 0.15) is 5.82 Å². The summed E-state index contributed by atoms with van der Waals surface area (Å²) < 4.78 is 43.4. The van der Waals surface area contributed by atoms with E-state index in [1.54, 1.807) is 0 Å². The number of aromatic nitrogens is 3. The van der Waals surface area contributed by atoms with E-state index in [0.29, 0.717) is 24.0 Å². The first kappa shape index (κ1) is 28.9. The van der Waals surface area contributed by atoms with Crippen LogP contribution >= 0.6 is 0 Å². The van der Waals surface area contributed by atoms with Crippen molar-refractivity contribution < 1.29 is 13.2 Å². The standard InChI is InChI=1S/C32H41F3N4/c1-21(2)15-23(24-16-25(31(3,4)5)19-26(17-24)32(33,34)35)18-28-20-29(39(6)38-28)11-7-10-27-13-12-22-9-8-14-36-30(22)37-27/h12-13,16-17,19-20,23H,1,7-11,14-15,18H2,2-6H3,(H,36,37). The Balaban J connectivity index is 1.50. The van der Waals surface area contributed by atoms with Crippen molar-refractivity contribution in [3.05, 3.63) is 87.9 Å². The maximum absolute atomic E-state index is 13.8. The third kappa shape index (κ3) is 7.52. The Morgan fingerprint density at radius 3 is 2.49 bits per heavy atom. The van der Waals surface area contributed by atoms with Crippen LogP contribution in [-0.4, -0.2) is 21.3 Å². The minimum atomic E-state index is -4.40. The fourth-order valence-corrected chi connectivity index (χ4v) is 5.33. The summed E-state index contributed by atoms with van der Waals surface area (Å²) >= 11 is 0. The maximum Gasteiger partial charge on any atom is 0.416 e. The van der Waals surface area contributed by atoms with Crippen molar-refractivity contribution in [2.45, 2.75) is 90.1 Å². The molecule has 1 aliphatic heterocycles. The van der Waals surface area contributed by atoms with Gasteiger partial charge in [0.25, 0.3) is 0 Å². The van der Waals surface area contributed by atoms with E-state index in [2.05, 4.69) is 30.1 Å². The zero-order chi connectivity index (χ0) is 28.4. The molecule has 0 bridgehead atoms. The average molecular weight is 539 g/mol. The Labute approximate surface area is 230 Å². The number of halogens is 3. The van der Waals surface area contributed by atoms with Crippen LogP contribution in [0.3, 0.4) is 0 Å². The highest BCUT2D eigenvalue weighted by Crippen LogP contribution is 2.37. The Morgan fingerprint density at radius 1 is 1.05 bits per heavy atom. The third-order valence-corrected chi connectivity index (χ3v) is 7.52. The summed E-state index contributed by atoms with van der Waals surface area (Å²) in [5.74, 6) is 0.884. The fourth-order valence-electron chi connectivity index (χ4n) is 5.33. The minimum Gasteiger partial charge on any atom is -0.370 e. The molecule has 2 aromatic heterocycles. The van der Waals surface area contributed by atoms with Crippen LogP contribution in [0.1, 0.15) is 92.2 Å². The topological polar surface area (TPSA) is 42.7 Å². The number of hydrogen-bond donors (Lipinski definition) is 1. The summed E-state index contributed by atoms with van der Waals surface area (Å²) in [5.41, 5.74) is 5.72. The third-order valence-electron chi connectivity index (χ3n) is 7.52. The zero-order valence-corrected chi connectivity index (χ0v) is 23.9. The second-order valence-electron chi connectivity index (χ2n) is 12.1. The van der Waals surface area contributed by atoms with Crippen molar-refractivity contribution in [3.8, 4) is 0 Å². The number of nitrogens with zero attached hydrogens (tertiary/aromatic N) is 3. The van der Waals surface area contributed by atoms with Gasteiger partial charge in [-0.1, -0.05) is 38.5 Å². The molecular weight excluding hydrogens is 497 g/mol. The number of alkyl halides is 3. The van der Waals surface area contributed by atoms with E-state index in [1.807, 2.05) is 45.5 Å². The summed E-state index contributed by atoms with van der Waals surface area (Å²) in [6, 6.07) is 11.0. The fraction of sp³-hybridized carbons (Fsp3) is 0.500. The number of nitrogens with one attached hydrogen (secondary N) is 1. The molecule has 0 radical (unpaired) electrons. The van der Waals surface area contributed by atoms with Gasteiger partial charge in [-0.15, -0.1) is 6.58 Å². The smallest absolute Gasteiger partial charge is 0.370 e. The highest BCUT2D eigenvalue weighted by atomic mass is 19.4. The van der Waals surface area contributed by atoms with Crippen LogP contribution in [0.5, 0.6) is 0 Å². The van der Waals surface area contributed by atoms with Crippen LogP contribution in [0, 0.1) is 0 Å². The summed E-state index contributed by atoms with van der Waals surface area (Å²) in [6.07, 6.45) is 1.69. The van der Waals surface area contributed by atoms with E-state index in [1.165, 1.54) is 17.7 Å². The zero-order valence-electron chi connectivity index (χ0n) is 23.9. The molecule has 1 N–H and O–H groups in total. The van der Waals surface area contributed by atoms with Gasteiger partial charge in [0.05, 0.1) is 11.3 Å². The molecule has 0 saturated carbocycles. The molecule has 0 fully saturated rings. The molecule has 0 spiro atoms. The molecule has 0 amide bonds. The first-order valence-corrected chi connectivity index (χ1v) is 13.9. The van der Waals surface area contributed by atoms with Gasteiger partial charge in [-0.25, -0.2) is 4.98 Å². The molecule has 7 heteroatoms. The predicted octanol–water partition coefficient (Wildman–Crippen LogP) is 7.96. The van der Waals surface area contributed by atoms with Gasteiger partial charge < -0.3 is 5.32 Å². The number of rotatable bonds is 9. The monoisotopic (exact) mass is 538 g/mol. The molecule has 4 nitrogen and oxygen atoms in total. The normalized spacial score (nSPS) is 14.6. The van der Waals surface area contributed by atoms with Crippen molar-refractivity contribution in [2.24, 2.45) is 7.05 Å². The number of allylic oxidation sites excluding steroid dienone is 1. The van der Waals surface area contributed by atoms with Gasteiger partial charge in [0.15, 0.2) is 0 Å². The lowest BCUT2D eigenvalue weighted by Gasteiger charge is -2.25. The van der Waals surface area contributed by atoms with Gasteiger partial charge in [-0.3, -0.25) is 4.68 Å². The number of pyridine rings is 1. The van der Waals surface area contributed by atoms with E-state index in [4.69, 9.17) is 10.1 Å². The van der Waals surface area contributed by atoms with E-state index in [9.17, 15) is 13.2 Å². The lowest BCUT2D eigenvalue weighted by atomic mass is 9.81. The molecular formula is C32H41F3N4. The van der Waals surface area contributed by atoms with Crippen LogP contribution in [0.4, 0.5) is 19.0 Å². The Bertz CT molecular complexity index is 1280. The molecule has 3 heterocycles. The first-order valence-electron chi connectivity index (χ1n) is 13.9. The largest absolute Gasteiger partial charge is 0.416 e. The van der Waals surface area contributed by atoms with Gasteiger partial charge in [0.2, 0.25) is 0 Å². The van der Waals surface area contributed by atoms with Gasteiger partial charge >= 0.3 is 6.18 Å². The number of anilines is 1. The first-order chi connectivity index (χ1) is 18.3. The summed E-state index contributed by atoms with van der Waals surface area (Å²) in [6.45, 7) is 12.8. The Hall–Kier alpha value is -3.09. The molecule has 0 saturated heterocycles. The van der Waals surface area contributed by atoms with Gasteiger partial charge in [-0.2, -0.15) is 18.3 Å². The maximum atomic E-state index is 13.8. The Morgan fingerprint density at radius 2 is 1.79 bits per heavy atom. The van der Waals surface area contributed by atoms with Crippen LogP contribution in [0.15, 0.2) is 48.6 Å².